The van der Waals surface area contributed by atoms with E-state index >= 15 is 0 Å². The Kier molecular flexibility index (Phi) is 6.82. The van der Waals surface area contributed by atoms with Gasteiger partial charge in [-0.15, -0.1) is 0 Å². The molecule has 0 bridgehead atoms. The molecule has 1 aromatic rings. The van der Waals surface area contributed by atoms with Crippen LogP contribution in [0.3, 0.4) is 0 Å². The highest BCUT2D eigenvalue weighted by atomic mass is 16.2. The van der Waals surface area contributed by atoms with E-state index in [2.05, 4.69) is 5.32 Å². The van der Waals surface area contributed by atoms with Crippen molar-refractivity contribution in [3.05, 3.63) is 35.9 Å². The summed E-state index contributed by atoms with van der Waals surface area (Å²) >= 11 is 0. The molecular weight excluding hydrogens is 240 g/mol. The molecule has 0 saturated heterocycles. The van der Waals surface area contributed by atoms with E-state index in [0.29, 0.717) is 19.5 Å². The molecule has 4 heteroatoms. The van der Waals surface area contributed by atoms with E-state index < -0.39 is 0 Å². The molecule has 19 heavy (non-hydrogen) atoms. The molecule has 1 amide bonds. The quantitative estimate of drug-likeness (QED) is 0.767. The molecule has 0 aliphatic rings. The van der Waals surface area contributed by atoms with Crippen LogP contribution < -0.4 is 5.32 Å². The van der Waals surface area contributed by atoms with E-state index in [9.17, 15) is 9.59 Å². The summed E-state index contributed by atoms with van der Waals surface area (Å²) in [5.74, 6) is 0.0915. The minimum Gasteiger partial charge on any atom is -0.355 e. The lowest BCUT2D eigenvalue weighted by atomic mass is 10.1. The van der Waals surface area contributed by atoms with Crippen molar-refractivity contribution in [3.8, 4) is 0 Å². The minimum atomic E-state index is -0.0307. The van der Waals surface area contributed by atoms with Crippen LogP contribution in [0.5, 0.6) is 0 Å². The van der Waals surface area contributed by atoms with E-state index in [1.54, 1.807) is 11.9 Å². The summed E-state index contributed by atoms with van der Waals surface area (Å²) in [7, 11) is 1.79. The lowest BCUT2D eigenvalue weighted by Gasteiger charge is -2.15. The Morgan fingerprint density at radius 1 is 1.16 bits per heavy atom. The number of rotatable bonds is 8. The summed E-state index contributed by atoms with van der Waals surface area (Å²) in [6.45, 7) is 3.26. The standard InChI is InChI=1S/C15H22N2O2/c1-3-9-16-15(19)12-17(2)11-14(18)10-13-7-5-4-6-8-13/h4-8H,3,9-12H2,1-2H3,(H,16,19). The number of nitrogens with zero attached hydrogens (tertiary/aromatic N) is 1. The minimum absolute atomic E-state index is 0.0307. The fraction of sp³-hybridized carbons (Fsp3) is 0.467. The first-order chi connectivity index (χ1) is 9.11. The van der Waals surface area contributed by atoms with E-state index in [0.717, 1.165) is 12.0 Å². The van der Waals surface area contributed by atoms with Gasteiger partial charge in [-0.3, -0.25) is 14.5 Å². The average Bonchev–Trinajstić information content (AvgIpc) is 2.37. The van der Waals surface area contributed by atoms with E-state index in [4.69, 9.17) is 0 Å². The highest BCUT2D eigenvalue weighted by Gasteiger charge is 2.10. The molecule has 1 rings (SSSR count). The Balaban J connectivity index is 2.30. The molecule has 1 aromatic carbocycles. The van der Waals surface area contributed by atoms with Crippen molar-refractivity contribution in [2.45, 2.75) is 19.8 Å². The number of carbonyl (C=O) groups is 2. The molecule has 1 N–H and O–H groups in total. The number of likely N-dealkylation sites (N-methyl/N-ethyl adjacent to an activating group) is 1. The maximum Gasteiger partial charge on any atom is 0.234 e. The number of hydrogen-bond acceptors (Lipinski definition) is 3. The first-order valence-electron chi connectivity index (χ1n) is 6.62. The van der Waals surface area contributed by atoms with Gasteiger partial charge in [-0.2, -0.15) is 0 Å². The number of benzene rings is 1. The third-order valence-electron chi connectivity index (χ3n) is 2.68. The summed E-state index contributed by atoms with van der Waals surface area (Å²) < 4.78 is 0. The zero-order valence-electron chi connectivity index (χ0n) is 11.7. The maximum atomic E-state index is 11.8. The number of carbonyl (C=O) groups excluding carboxylic acids is 2. The second-order valence-corrected chi connectivity index (χ2v) is 4.72. The van der Waals surface area contributed by atoms with Crippen molar-refractivity contribution in [1.82, 2.24) is 10.2 Å². The molecule has 0 heterocycles. The fourth-order valence-electron chi connectivity index (χ4n) is 1.80. The predicted octanol–water partition coefficient (Wildman–Crippen LogP) is 1.26. The van der Waals surface area contributed by atoms with Crippen LogP contribution in [-0.2, 0) is 16.0 Å². The topological polar surface area (TPSA) is 49.4 Å². The van der Waals surface area contributed by atoms with Crippen LogP contribution in [0.4, 0.5) is 0 Å². The van der Waals surface area contributed by atoms with Crippen LogP contribution in [-0.4, -0.2) is 43.3 Å². The van der Waals surface area contributed by atoms with Crippen molar-refractivity contribution in [1.29, 1.82) is 0 Å². The fourth-order valence-corrected chi connectivity index (χ4v) is 1.80. The van der Waals surface area contributed by atoms with Crippen LogP contribution in [0.15, 0.2) is 30.3 Å². The molecule has 0 radical (unpaired) electrons. The Bertz CT molecular complexity index is 404. The Morgan fingerprint density at radius 2 is 1.84 bits per heavy atom. The monoisotopic (exact) mass is 262 g/mol. The van der Waals surface area contributed by atoms with E-state index in [1.165, 1.54) is 0 Å². The molecular formula is C15H22N2O2. The number of amides is 1. The second-order valence-electron chi connectivity index (χ2n) is 4.72. The zero-order chi connectivity index (χ0) is 14.1. The van der Waals surface area contributed by atoms with Crippen molar-refractivity contribution in [2.75, 3.05) is 26.7 Å². The normalized spacial score (nSPS) is 10.5. The lowest BCUT2D eigenvalue weighted by molar-refractivity contribution is -0.123. The van der Waals surface area contributed by atoms with E-state index in [-0.39, 0.29) is 18.2 Å². The molecule has 0 aliphatic carbocycles. The summed E-state index contributed by atoms with van der Waals surface area (Å²) in [4.78, 5) is 25.1. The van der Waals surface area contributed by atoms with Crippen molar-refractivity contribution in [2.24, 2.45) is 0 Å². The van der Waals surface area contributed by atoms with Crippen molar-refractivity contribution >= 4 is 11.7 Å². The summed E-state index contributed by atoms with van der Waals surface area (Å²) in [5, 5.41) is 2.79. The van der Waals surface area contributed by atoms with Crippen molar-refractivity contribution in [3.63, 3.8) is 0 Å². The van der Waals surface area contributed by atoms with Crippen LogP contribution in [0.2, 0.25) is 0 Å². The Morgan fingerprint density at radius 3 is 2.47 bits per heavy atom. The van der Waals surface area contributed by atoms with Gasteiger partial charge in [0.1, 0.15) is 0 Å². The number of Topliss-reactive ketones (excluding diaryl/α,β-unsaturated/α-hetero) is 1. The lowest BCUT2D eigenvalue weighted by Crippen LogP contribution is -2.38. The van der Waals surface area contributed by atoms with Gasteiger partial charge in [-0.05, 0) is 19.0 Å². The summed E-state index contributed by atoms with van der Waals surface area (Å²) in [5.41, 5.74) is 1.01. The molecule has 0 atom stereocenters. The van der Waals surface area contributed by atoms with E-state index in [1.807, 2.05) is 37.3 Å². The summed E-state index contributed by atoms with van der Waals surface area (Å²) in [6, 6.07) is 9.64. The maximum absolute atomic E-state index is 11.8. The highest BCUT2D eigenvalue weighted by molar-refractivity contribution is 5.84. The van der Waals surface area contributed by atoms with Crippen molar-refractivity contribution < 1.29 is 9.59 Å². The largest absolute Gasteiger partial charge is 0.355 e. The smallest absolute Gasteiger partial charge is 0.234 e. The van der Waals surface area contributed by atoms with Crippen LogP contribution in [0.25, 0.3) is 0 Å². The molecule has 104 valence electrons. The molecule has 0 aliphatic heterocycles. The third kappa shape index (κ3) is 6.72. The van der Waals surface area contributed by atoms with Gasteiger partial charge in [0.2, 0.25) is 5.91 Å². The first kappa shape index (κ1) is 15.4. The van der Waals surface area contributed by atoms with Gasteiger partial charge < -0.3 is 5.32 Å². The molecule has 0 fully saturated rings. The van der Waals surface area contributed by atoms with Gasteiger partial charge in [0.25, 0.3) is 0 Å². The van der Waals surface area contributed by atoms with Crippen LogP contribution in [0, 0.1) is 0 Å². The third-order valence-corrected chi connectivity index (χ3v) is 2.68. The zero-order valence-corrected chi connectivity index (χ0v) is 11.7. The number of ketones is 1. The number of nitrogens with one attached hydrogen (secondary N) is 1. The van der Waals surface area contributed by atoms with Gasteiger partial charge in [0, 0.05) is 13.0 Å². The van der Waals surface area contributed by atoms with Gasteiger partial charge in [0.15, 0.2) is 5.78 Å². The van der Waals surface area contributed by atoms with Gasteiger partial charge in [-0.25, -0.2) is 0 Å². The molecule has 0 spiro atoms. The predicted molar refractivity (Wildman–Crippen MR) is 76.0 cm³/mol. The average molecular weight is 262 g/mol. The Labute approximate surface area is 114 Å². The van der Waals surface area contributed by atoms with Crippen LogP contribution in [0.1, 0.15) is 18.9 Å². The Hall–Kier alpha value is -1.68. The SMILES string of the molecule is CCCNC(=O)CN(C)CC(=O)Cc1ccccc1. The highest BCUT2D eigenvalue weighted by Crippen LogP contribution is 2.00. The van der Waals surface area contributed by atoms with Gasteiger partial charge >= 0.3 is 0 Å². The first-order valence-corrected chi connectivity index (χ1v) is 6.62. The molecule has 0 unspecified atom stereocenters. The number of hydrogen-bond donors (Lipinski definition) is 1. The molecule has 0 saturated carbocycles. The molecule has 4 nitrogen and oxygen atoms in total. The van der Waals surface area contributed by atoms with Gasteiger partial charge in [0.05, 0.1) is 13.1 Å². The van der Waals surface area contributed by atoms with Gasteiger partial charge in [-0.1, -0.05) is 37.3 Å². The molecule has 0 aromatic heterocycles. The second kappa shape index (κ2) is 8.43. The summed E-state index contributed by atoms with van der Waals surface area (Å²) in [6.07, 6.45) is 1.34. The van der Waals surface area contributed by atoms with Crippen LogP contribution >= 0.6 is 0 Å².